The van der Waals surface area contributed by atoms with Crippen LogP contribution in [0.4, 0.5) is 0 Å². The van der Waals surface area contributed by atoms with Crippen molar-refractivity contribution in [2.24, 2.45) is 5.92 Å². The predicted molar refractivity (Wildman–Crippen MR) is 111 cm³/mol. The Morgan fingerprint density at radius 3 is 2.18 bits per heavy atom. The van der Waals surface area contributed by atoms with E-state index in [-0.39, 0.29) is 17.9 Å². The van der Waals surface area contributed by atoms with Crippen molar-refractivity contribution >= 4 is 16.0 Å². The van der Waals surface area contributed by atoms with Crippen molar-refractivity contribution in [2.45, 2.75) is 64.5 Å². The fourth-order valence-electron chi connectivity index (χ4n) is 3.50. The monoisotopic (exact) mass is 410 g/mol. The number of ether oxygens (including phenoxy) is 1. The highest BCUT2D eigenvalue weighted by Crippen LogP contribution is 2.22. The number of carbonyl (C=O) groups is 1. The van der Waals surface area contributed by atoms with Crippen molar-refractivity contribution in [3.05, 3.63) is 29.8 Å². The summed E-state index contributed by atoms with van der Waals surface area (Å²) < 4.78 is 33.1. The van der Waals surface area contributed by atoms with Crippen LogP contribution in [-0.4, -0.2) is 61.4 Å². The lowest BCUT2D eigenvalue weighted by atomic mass is 10.0. The summed E-state index contributed by atoms with van der Waals surface area (Å²) in [5.41, 5.74) is 0.481. The topological polar surface area (TPSA) is 66.9 Å². The van der Waals surface area contributed by atoms with Crippen LogP contribution in [0.3, 0.4) is 0 Å². The fraction of sp³-hybridized carbons (Fsp3) is 0.667. The molecular weight excluding hydrogens is 376 g/mol. The first-order chi connectivity index (χ1) is 12.9. The standard InChI is InChI=1S/C21H34N2O4S/c1-16(2)19(20(24)27-21(4,5)6)22-12-7-13-23(15-14-22)28(25,26)18-10-8-17(3)9-11-18/h8-11,16,19H,7,12-15H2,1-6H3/t19-/m0/s1. The number of hydrogen-bond acceptors (Lipinski definition) is 5. The Morgan fingerprint density at radius 1 is 1.04 bits per heavy atom. The van der Waals surface area contributed by atoms with Gasteiger partial charge in [0.25, 0.3) is 0 Å². The second-order valence-corrected chi connectivity index (χ2v) is 10.8. The van der Waals surface area contributed by atoms with Gasteiger partial charge in [-0.1, -0.05) is 31.5 Å². The molecule has 1 heterocycles. The highest BCUT2D eigenvalue weighted by atomic mass is 32.2. The van der Waals surface area contributed by atoms with Gasteiger partial charge in [-0.3, -0.25) is 9.69 Å². The maximum Gasteiger partial charge on any atom is 0.324 e. The molecule has 0 saturated carbocycles. The van der Waals surface area contributed by atoms with Crippen LogP contribution in [-0.2, 0) is 19.6 Å². The molecule has 2 rings (SSSR count). The van der Waals surface area contributed by atoms with Gasteiger partial charge in [0.2, 0.25) is 10.0 Å². The molecule has 1 aromatic carbocycles. The Hall–Kier alpha value is -1.44. The van der Waals surface area contributed by atoms with E-state index in [9.17, 15) is 13.2 Å². The van der Waals surface area contributed by atoms with Crippen LogP contribution >= 0.6 is 0 Å². The molecule has 1 aliphatic rings. The van der Waals surface area contributed by atoms with Crippen molar-refractivity contribution < 1.29 is 17.9 Å². The van der Waals surface area contributed by atoms with Gasteiger partial charge in [0.15, 0.2) is 0 Å². The molecule has 28 heavy (non-hydrogen) atoms. The SMILES string of the molecule is Cc1ccc(S(=O)(=O)N2CCCN([C@H](C(=O)OC(C)(C)C)C(C)C)CC2)cc1. The molecule has 1 atom stereocenters. The Morgan fingerprint density at radius 2 is 1.64 bits per heavy atom. The lowest BCUT2D eigenvalue weighted by molar-refractivity contribution is -0.163. The first-order valence-electron chi connectivity index (χ1n) is 9.95. The van der Waals surface area contributed by atoms with Gasteiger partial charge in [-0.25, -0.2) is 8.42 Å². The Kier molecular flexibility index (Phi) is 7.28. The second-order valence-electron chi connectivity index (χ2n) is 8.83. The van der Waals surface area contributed by atoms with E-state index >= 15 is 0 Å². The Labute approximate surface area is 169 Å². The van der Waals surface area contributed by atoms with Crippen LogP contribution in [0, 0.1) is 12.8 Å². The van der Waals surface area contributed by atoms with E-state index in [1.165, 1.54) is 4.31 Å². The van der Waals surface area contributed by atoms with Gasteiger partial charge in [0, 0.05) is 26.2 Å². The van der Waals surface area contributed by atoms with E-state index < -0.39 is 15.6 Å². The summed E-state index contributed by atoms with van der Waals surface area (Å²) in [6.45, 7) is 13.5. The number of esters is 1. The van der Waals surface area contributed by atoms with Crippen molar-refractivity contribution in [1.82, 2.24) is 9.21 Å². The van der Waals surface area contributed by atoms with Gasteiger partial charge in [-0.15, -0.1) is 0 Å². The van der Waals surface area contributed by atoms with Crippen molar-refractivity contribution in [3.63, 3.8) is 0 Å². The number of nitrogens with zero attached hydrogens (tertiary/aromatic N) is 2. The molecule has 158 valence electrons. The quantitative estimate of drug-likeness (QED) is 0.698. The second kappa shape index (κ2) is 8.93. The minimum absolute atomic E-state index is 0.0788. The van der Waals surface area contributed by atoms with Crippen LogP contribution in [0.15, 0.2) is 29.2 Å². The van der Waals surface area contributed by atoms with E-state index in [1.54, 1.807) is 12.1 Å². The summed E-state index contributed by atoms with van der Waals surface area (Å²) in [6.07, 6.45) is 0.678. The molecular formula is C21H34N2O4S. The molecule has 1 aliphatic heterocycles. The third kappa shape index (κ3) is 5.78. The number of rotatable bonds is 5. The maximum absolute atomic E-state index is 13.0. The minimum Gasteiger partial charge on any atom is -0.459 e. The average Bonchev–Trinajstić information content (AvgIpc) is 2.80. The average molecular weight is 411 g/mol. The van der Waals surface area contributed by atoms with Gasteiger partial charge in [-0.2, -0.15) is 4.31 Å². The number of sulfonamides is 1. The summed E-state index contributed by atoms with van der Waals surface area (Å²) in [6, 6.07) is 6.57. The summed E-state index contributed by atoms with van der Waals surface area (Å²) >= 11 is 0. The molecule has 0 spiro atoms. The number of benzene rings is 1. The first-order valence-corrected chi connectivity index (χ1v) is 11.4. The van der Waals surface area contributed by atoms with E-state index in [0.29, 0.717) is 37.5 Å². The van der Waals surface area contributed by atoms with E-state index in [4.69, 9.17) is 4.74 Å². The molecule has 0 amide bonds. The molecule has 0 radical (unpaired) electrons. The van der Waals surface area contributed by atoms with Crippen molar-refractivity contribution in [3.8, 4) is 0 Å². The number of hydrogen-bond donors (Lipinski definition) is 0. The third-order valence-electron chi connectivity index (χ3n) is 4.82. The van der Waals surface area contributed by atoms with Gasteiger partial charge < -0.3 is 4.74 Å². The predicted octanol–water partition coefficient (Wildman–Crippen LogP) is 3.06. The van der Waals surface area contributed by atoms with Gasteiger partial charge >= 0.3 is 5.97 Å². The summed E-state index contributed by atoms with van der Waals surface area (Å²) in [5.74, 6) is -0.160. The molecule has 0 aliphatic carbocycles. The summed E-state index contributed by atoms with van der Waals surface area (Å²) in [7, 11) is -3.53. The van der Waals surface area contributed by atoms with E-state index in [1.807, 2.05) is 53.7 Å². The third-order valence-corrected chi connectivity index (χ3v) is 6.73. The zero-order valence-electron chi connectivity index (χ0n) is 17.9. The molecule has 0 N–H and O–H groups in total. The van der Waals surface area contributed by atoms with Crippen LogP contribution in [0.1, 0.15) is 46.6 Å². The Balaban J connectivity index is 2.14. The van der Waals surface area contributed by atoms with Crippen LogP contribution in [0.2, 0.25) is 0 Å². The van der Waals surface area contributed by atoms with Gasteiger partial charge in [0.1, 0.15) is 11.6 Å². The molecule has 1 fully saturated rings. The van der Waals surface area contributed by atoms with Gasteiger partial charge in [0.05, 0.1) is 4.90 Å². The number of carbonyl (C=O) groups excluding carboxylic acids is 1. The van der Waals surface area contributed by atoms with Crippen LogP contribution in [0.5, 0.6) is 0 Å². The van der Waals surface area contributed by atoms with Crippen LogP contribution in [0.25, 0.3) is 0 Å². The zero-order valence-corrected chi connectivity index (χ0v) is 18.8. The minimum atomic E-state index is -3.53. The smallest absolute Gasteiger partial charge is 0.324 e. The number of aryl methyl sites for hydroxylation is 1. The normalized spacial score (nSPS) is 18.7. The highest BCUT2D eigenvalue weighted by molar-refractivity contribution is 7.89. The maximum atomic E-state index is 13.0. The first kappa shape index (κ1) is 22.8. The largest absolute Gasteiger partial charge is 0.459 e. The highest BCUT2D eigenvalue weighted by Gasteiger charge is 2.35. The van der Waals surface area contributed by atoms with Crippen molar-refractivity contribution in [2.75, 3.05) is 26.2 Å². The Bertz CT molecular complexity index is 767. The molecule has 1 saturated heterocycles. The molecule has 0 aromatic heterocycles. The fourth-order valence-corrected chi connectivity index (χ4v) is 4.97. The van der Waals surface area contributed by atoms with E-state index in [0.717, 1.165) is 5.56 Å². The molecule has 7 heteroatoms. The van der Waals surface area contributed by atoms with E-state index in [2.05, 4.69) is 4.90 Å². The molecule has 0 unspecified atom stereocenters. The molecule has 1 aromatic rings. The lowest BCUT2D eigenvalue weighted by Gasteiger charge is -2.34. The molecule has 0 bridgehead atoms. The zero-order chi connectivity index (χ0) is 21.1. The van der Waals surface area contributed by atoms with Gasteiger partial charge in [-0.05, 0) is 52.2 Å². The van der Waals surface area contributed by atoms with Crippen LogP contribution < -0.4 is 0 Å². The lowest BCUT2D eigenvalue weighted by Crippen LogP contribution is -2.49. The summed E-state index contributed by atoms with van der Waals surface area (Å²) in [5, 5.41) is 0. The van der Waals surface area contributed by atoms with Crippen molar-refractivity contribution in [1.29, 1.82) is 0 Å². The summed E-state index contributed by atoms with van der Waals surface area (Å²) in [4.78, 5) is 15.1. The molecule has 6 nitrogen and oxygen atoms in total.